The summed E-state index contributed by atoms with van der Waals surface area (Å²) in [6, 6.07) is 7.82. The SMILES string of the molecule is CCC(C)NC(=O)c1cccc(CNC(=NC)NCCc2csc(C)n2)c1.I. The second-order valence-corrected chi connectivity index (χ2v) is 7.51. The number of halogens is 1. The lowest BCUT2D eigenvalue weighted by Crippen LogP contribution is -2.38. The molecule has 0 radical (unpaired) electrons. The summed E-state index contributed by atoms with van der Waals surface area (Å²) in [4.78, 5) is 21.0. The smallest absolute Gasteiger partial charge is 0.251 e. The van der Waals surface area contributed by atoms with Crippen LogP contribution in [0.2, 0.25) is 0 Å². The maximum Gasteiger partial charge on any atom is 0.251 e. The lowest BCUT2D eigenvalue weighted by molar-refractivity contribution is 0.0939. The molecule has 1 aromatic heterocycles. The second kappa shape index (κ2) is 12.7. The highest BCUT2D eigenvalue weighted by Crippen LogP contribution is 2.08. The van der Waals surface area contributed by atoms with Gasteiger partial charge in [-0.1, -0.05) is 19.1 Å². The van der Waals surface area contributed by atoms with Crippen LogP contribution in [0.3, 0.4) is 0 Å². The Hall–Kier alpha value is -1.68. The molecule has 8 heteroatoms. The first-order valence-electron chi connectivity index (χ1n) is 9.27. The lowest BCUT2D eigenvalue weighted by Gasteiger charge is -2.13. The highest BCUT2D eigenvalue weighted by atomic mass is 127. The summed E-state index contributed by atoms with van der Waals surface area (Å²) in [5, 5.41) is 12.7. The monoisotopic (exact) mass is 515 g/mol. The summed E-state index contributed by atoms with van der Waals surface area (Å²) < 4.78 is 0. The maximum atomic E-state index is 12.3. The minimum Gasteiger partial charge on any atom is -0.356 e. The number of rotatable bonds is 8. The van der Waals surface area contributed by atoms with E-state index in [2.05, 4.69) is 38.2 Å². The predicted molar refractivity (Wildman–Crippen MR) is 128 cm³/mol. The average molecular weight is 515 g/mol. The van der Waals surface area contributed by atoms with Crippen LogP contribution in [0.25, 0.3) is 0 Å². The fourth-order valence-corrected chi connectivity index (χ4v) is 3.12. The summed E-state index contributed by atoms with van der Waals surface area (Å²) in [7, 11) is 1.75. The van der Waals surface area contributed by atoms with Gasteiger partial charge in [0.2, 0.25) is 0 Å². The van der Waals surface area contributed by atoms with E-state index in [4.69, 9.17) is 0 Å². The molecule has 0 saturated heterocycles. The zero-order valence-electron chi connectivity index (χ0n) is 16.9. The van der Waals surface area contributed by atoms with Crippen molar-refractivity contribution in [2.45, 2.75) is 46.2 Å². The van der Waals surface area contributed by atoms with Crippen LogP contribution in [0.15, 0.2) is 34.6 Å². The first-order valence-corrected chi connectivity index (χ1v) is 10.1. The number of hydrogen-bond acceptors (Lipinski definition) is 4. The minimum absolute atomic E-state index is 0. The highest BCUT2D eigenvalue weighted by molar-refractivity contribution is 14.0. The summed E-state index contributed by atoms with van der Waals surface area (Å²) in [6.07, 6.45) is 1.77. The third-order valence-electron chi connectivity index (χ3n) is 4.20. The van der Waals surface area contributed by atoms with Gasteiger partial charge in [0, 0.05) is 43.5 Å². The molecule has 0 fully saturated rings. The van der Waals surface area contributed by atoms with Gasteiger partial charge in [0.15, 0.2) is 5.96 Å². The van der Waals surface area contributed by atoms with Gasteiger partial charge < -0.3 is 16.0 Å². The molecule has 28 heavy (non-hydrogen) atoms. The van der Waals surface area contributed by atoms with Crippen molar-refractivity contribution in [2.24, 2.45) is 4.99 Å². The molecule has 0 aliphatic heterocycles. The molecule has 2 aromatic rings. The fraction of sp³-hybridized carbons (Fsp3) is 0.450. The van der Waals surface area contributed by atoms with E-state index in [9.17, 15) is 4.79 Å². The van der Waals surface area contributed by atoms with Gasteiger partial charge in [-0.2, -0.15) is 0 Å². The number of benzene rings is 1. The van der Waals surface area contributed by atoms with Gasteiger partial charge in [-0.25, -0.2) is 4.98 Å². The first-order chi connectivity index (χ1) is 13.0. The van der Waals surface area contributed by atoms with E-state index in [1.165, 1.54) is 0 Å². The summed E-state index contributed by atoms with van der Waals surface area (Å²) in [5.74, 6) is 0.698. The maximum absolute atomic E-state index is 12.3. The molecule has 0 saturated carbocycles. The molecule has 1 heterocycles. The van der Waals surface area contributed by atoms with E-state index in [0.717, 1.165) is 41.6 Å². The van der Waals surface area contributed by atoms with Crippen LogP contribution in [0.1, 0.15) is 46.9 Å². The number of aryl methyl sites for hydroxylation is 1. The van der Waals surface area contributed by atoms with E-state index < -0.39 is 0 Å². The Morgan fingerprint density at radius 2 is 2.11 bits per heavy atom. The van der Waals surface area contributed by atoms with Crippen LogP contribution >= 0.6 is 35.3 Å². The third kappa shape index (κ3) is 8.14. The molecule has 6 nitrogen and oxygen atoms in total. The molecular weight excluding hydrogens is 485 g/mol. The minimum atomic E-state index is -0.0349. The normalized spacial score (nSPS) is 12.1. The number of nitrogens with zero attached hydrogens (tertiary/aromatic N) is 2. The Balaban J connectivity index is 0.00000392. The standard InChI is InChI=1S/C20H29N5OS.HI/c1-5-14(2)24-19(26)17-8-6-7-16(11-17)12-23-20(21-4)22-10-9-18-13-27-15(3)25-18;/h6-8,11,13-14H,5,9-10,12H2,1-4H3,(H,24,26)(H2,21,22,23);1H. The van der Waals surface area contributed by atoms with E-state index in [-0.39, 0.29) is 35.9 Å². The Labute approximate surface area is 188 Å². The largest absolute Gasteiger partial charge is 0.356 e. The quantitative estimate of drug-likeness (QED) is 0.286. The van der Waals surface area contributed by atoms with Crippen LogP contribution in [-0.2, 0) is 13.0 Å². The van der Waals surface area contributed by atoms with Crippen LogP contribution in [0, 0.1) is 6.92 Å². The van der Waals surface area contributed by atoms with Gasteiger partial charge in [0.05, 0.1) is 10.7 Å². The summed E-state index contributed by atoms with van der Waals surface area (Å²) in [6.45, 7) is 7.44. The molecular formula is C20H30IN5OS. The number of hydrogen-bond donors (Lipinski definition) is 3. The highest BCUT2D eigenvalue weighted by Gasteiger charge is 2.09. The van der Waals surface area contributed by atoms with E-state index >= 15 is 0 Å². The van der Waals surface area contributed by atoms with Crippen LogP contribution in [0.4, 0.5) is 0 Å². The fourth-order valence-electron chi connectivity index (χ4n) is 2.47. The third-order valence-corrected chi connectivity index (χ3v) is 5.03. The van der Waals surface area contributed by atoms with Crippen molar-refractivity contribution in [2.75, 3.05) is 13.6 Å². The van der Waals surface area contributed by atoms with Crippen LogP contribution < -0.4 is 16.0 Å². The topological polar surface area (TPSA) is 78.4 Å². The zero-order chi connectivity index (χ0) is 19.6. The Morgan fingerprint density at radius 3 is 2.75 bits per heavy atom. The van der Waals surface area contributed by atoms with Crippen LogP contribution in [0.5, 0.6) is 0 Å². The van der Waals surface area contributed by atoms with Crippen molar-refractivity contribution >= 4 is 47.2 Å². The number of thiazole rings is 1. The van der Waals surface area contributed by atoms with Gasteiger partial charge in [-0.05, 0) is 38.0 Å². The molecule has 0 aliphatic rings. The van der Waals surface area contributed by atoms with Gasteiger partial charge in [0.1, 0.15) is 0 Å². The number of amides is 1. The summed E-state index contributed by atoms with van der Waals surface area (Å²) >= 11 is 1.67. The number of aliphatic imine (C=N–C) groups is 1. The van der Waals surface area contributed by atoms with Gasteiger partial charge in [-0.15, -0.1) is 35.3 Å². The number of carbonyl (C=O) groups excluding carboxylic acids is 1. The Morgan fingerprint density at radius 1 is 1.32 bits per heavy atom. The lowest BCUT2D eigenvalue weighted by atomic mass is 10.1. The molecule has 1 atom stereocenters. The average Bonchev–Trinajstić information content (AvgIpc) is 3.09. The zero-order valence-corrected chi connectivity index (χ0v) is 20.1. The molecule has 0 spiro atoms. The van der Waals surface area contributed by atoms with Crippen molar-refractivity contribution < 1.29 is 4.79 Å². The van der Waals surface area contributed by atoms with Crippen molar-refractivity contribution in [3.8, 4) is 0 Å². The van der Waals surface area contributed by atoms with E-state index in [0.29, 0.717) is 12.1 Å². The van der Waals surface area contributed by atoms with E-state index in [1.807, 2.05) is 38.1 Å². The van der Waals surface area contributed by atoms with Gasteiger partial charge >= 0.3 is 0 Å². The van der Waals surface area contributed by atoms with Crippen molar-refractivity contribution in [3.63, 3.8) is 0 Å². The molecule has 3 N–H and O–H groups in total. The summed E-state index contributed by atoms with van der Waals surface area (Å²) in [5.41, 5.74) is 2.81. The number of nitrogens with one attached hydrogen (secondary N) is 3. The van der Waals surface area contributed by atoms with Crippen molar-refractivity contribution in [1.29, 1.82) is 0 Å². The molecule has 2 rings (SSSR count). The number of aromatic nitrogens is 1. The molecule has 1 unspecified atom stereocenters. The Kier molecular flexibility index (Phi) is 11.1. The van der Waals surface area contributed by atoms with Gasteiger partial charge in [0.25, 0.3) is 5.91 Å². The molecule has 154 valence electrons. The van der Waals surface area contributed by atoms with Crippen LogP contribution in [-0.4, -0.2) is 36.5 Å². The molecule has 0 aliphatic carbocycles. The number of guanidine groups is 1. The molecule has 1 amide bonds. The Bertz CT molecular complexity index is 777. The first kappa shape index (κ1) is 24.4. The number of carbonyl (C=O) groups is 1. The van der Waals surface area contributed by atoms with E-state index in [1.54, 1.807) is 18.4 Å². The second-order valence-electron chi connectivity index (χ2n) is 6.44. The van der Waals surface area contributed by atoms with Crippen molar-refractivity contribution in [1.82, 2.24) is 20.9 Å². The molecule has 0 bridgehead atoms. The van der Waals surface area contributed by atoms with Gasteiger partial charge in [-0.3, -0.25) is 9.79 Å². The molecule has 1 aromatic carbocycles. The predicted octanol–water partition coefficient (Wildman–Crippen LogP) is 3.51. The van der Waals surface area contributed by atoms with Crippen molar-refractivity contribution in [3.05, 3.63) is 51.5 Å².